The minimum atomic E-state index is -0.745. The number of likely N-dealkylation sites (tertiary alicyclic amines) is 1. The third kappa shape index (κ3) is 4.01. The molecule has 31 heavy (non-hydrogen) atoms. The monoisotopic (exact) mass is 435 g/mol. The van der Waals surface area contributed by atoms with Crippen molar-refractivity contribution in [3.05, 3.63) is 100.0 Å². The fraction of sp³-hybridized carbons (Fsp3) is 0.200. The number of nitrogens with zero attached hydrogens (tertiary/aromatic N) is 1. The molecule has 0 saturated carbocycles. The van der Waals surface area contributed by atoms with Gasteiger partial charge in [-0.25, -0.2) is 0 Å². The molecular formula is C25H22ClNO4. The Morgan fingerprint density at radius 1 is 1.10 bits per heavy atom. The van der Waals surface area contributed by atoms with Gasteiger partial charge in [0.25, 0.3) is 11.7 Å². The molecule has 1 aromatic heterocycles. The SMILES string of the molecule is CC(C)c1ccc(C2/C(=C(/O)c3cccc(Cl)c3)C(=O)C(=O)N2Cc2ccco2)cc1. The number of aliphatic hydroxyl groups excluding tert-OH is 1. The topological polar surface area (TPSA) is 70.8 Å². The van der Waals surface area contributed by atoms with Gasteiger partial charge in [0.2, 0.25) is 0 Å². The van der Waals surface area contributed by atoms with Gasteiger partial charge >= 0.3 is 0 Å². The van der Waals surface area contributed by atoms with Gasteiger partial charge in [-0.2, -0.15) is 0 Å². The number of Topliss-reactive ketones (excluding diaryl/α,β-unsaturated/α-hetero) is 1. The van der Waals surface area contributed by atoms with Crippen LogP contribution in [0.3, 0.4) is 0 Å². The van der Waals surface area contributed by atoms with Gasteiger partial charge in [0.1, 0.15) is 11.5 Å². The van der Waals surface area contributed by atoms with Crippen LogP contribution >= 0.6 is 11.6 Å². The van der Waals surface area contributed by atoms with E-state index in [1.54, 1.807) is 36.4 Å². The van der Waals surface area contributed by atoms with E-state index in [4.69, 9.17) is 16.0 Å². The maximum atomic E-state index is 13.0. The molecule has 1 amide bonds. The fourth-order valence-corrected chi connectivity index (χ4v) is 4.00. The Hall–Kier alpha value is -3.31. The number of carbonyl (C=O) groups is 2. The van der Waals surface area contributed by atoms with Crippen LogP contribution in [0, 0.1) is 0 Å². The zero-order chi connectivity index (χ0) is 22.1. The maximum Gasteiger partial charge on any atom is 0.296 e. The fourth-order valence-electron chi connectivity index (χ4n) is 3.81. The molecule has 4 rings (SSSR count). The van der Waals surface area contributed by atoms with Crippen molar-refractivity contribution < 1.29 is 19.1 Å². The zero-order valence-electron chi connectivity index (χ0n) is 17.2. The molecule has 5 nitrogen and oxygen atoms in total. The third-order valence-electron chi connectivity index (χ3n) is 5.46. The summed E-state index contributed by atoms with van der Waals surface area (Å²) >= 11 is 6.08. The Bertz CT molecular complexity index is 1150. The van der Waals surface area contributed by atoms with Crippen LogP contribution in [0.1, 0.15) is 48.3 Å². The van der Waals surface area contributed by atoms with Gasteiger partial charge in [0.05, 0.1) is 24.4 Å². The predicted octanol–water partition coefficient (Wildman–Crippen LogP) is 5.68. The van der Waals surface area contributed by atoms with Gasteiger partial charge in [0, 0.05) is 10.6 Å². The molecule has 1 aliphatic heterocycles. The molecular weight excluding hydrogens is 414 g/mol. The molecule has 0 bridgehead atoms. The summed E-state index contributed by atoms with van der Waals surface area (Å²) in [5.41, 5.74) is 2.30. The minimum Gasteiger partial charge on any atom is -0.507 e. The number of benzene rings is 2. The van der Waals surface area contributed by atoms with Gasteiger partial charge in [-0.1, -0.05) is 61.8 Å². The number of aliphatic hydroxyl groups is 1. The highest BCUT2D eigenvalue weighted by atomic mass is 35.5. The average molecular weight is 436 g/mol. The quantitative estimate of drug-likeness (QED) is 0.318. The summed E-state index contributed by atoms with van der Waals surface area (Å²) in [4.78, 5) is 27.4. The number of furan rings is 1. The van der Waals surface area contributed by atoms with E-state index < -0.39 is 17.7 Å². The van der Waals surface area contributed by atoms with Gasteiger partial charge in [-0.3, -0.25) is 9.59 Å². The van der Waals surface area contributed by atoms with Gasteiger partial charge in [0.15, 0.2) is 0 Å². The van der Waals surface area contributed by atoms with E-state index in [1.807, 2.05) is 24.3 Å². The van der Waals surface area contributed by atoms with E-state index >= 15 is 0 Å². The van der Waals surface area contributed by atoms with Crippen molar-refractivity contribution in [2.24, 2.45) is 0 Å². The van der Waals surface area contributed by atoms with Crippen LogP contribution in [0.25, 0.3) is 5.76 Å². The Labute approximate surface area is 185 Å². The van der Waals surface area contributed by atoms with Crippen LogP contribution in [-0.2, 0) is 16.1 Å². The van der Waals surface area contributed by atoms with Gasteiger partial charge < -0.3 is 14.4 Å². The summed E-state index contributed by atoms with van der Waals surface area (Å²) in [5.74, 6) is -0.774. The highest BCUT2D eigenvalue weighted by molar-refractivity contribution is 6.46. The van der Waals surface area contributed by atoms with E-state index in [0.29, 0.717) is 22.3 Å². The van der Waals surface area contributed by atoms with Crippen molar-refractivity contribution in [2.75, 3.05) is 0 Å². The molecule has 0 aliphatic carbocycles. The number of carbonyl (C=O) groups excluding carboxylic acids is 2. The van der Waals surface area contributed by atoms with E-state index in [-0.39, 0.29) is 17.9 Å². The molecule has 2 heterocycles. The molecule has 0 spiro atoms. The molecule has 3 aromatic rings. The molecule has 6 heteroatoms. The first-order valence-corrected chi connectivity index (χ1v) is 10.4. The molecule has 1 unspecified atom stereocenters. The number of ketones is 1. The standard InChI is InChI=1S/C25H22ClNO4/c1-15(2)16-8-10-17(11-9-16)22-21(23(28)18-5-3-6-19(26)13-18)24(29)25(30)27(22)14-20-7-4-12-31-20/h3-13,15,22,28H,14H2,1-2H3/b23-21-. The van der Waals surface area contributed by atoms with Crippen LogP contribution in [-0.4, -0.2) is 21.7 Å². The summed E-state index contributed by atoms with van der Waals surface area (Å²) in [5, 5.41) is 11.5. The van der Waals surface area contributed by atoms with E-state index in [1.165, 1.54) is 11.2 Å². The van der Waals surface area contributed by atoms with Crippen LogP contribution in [0.5, 0.6) is 0 Å². The summed E-state index contributed by atoms with van der Waals surface area (Å²) in [7, 11) is 0. The number of amides is 1. The van der Waals surface area contributed by atoms with Crippen molar-refractivity contribution in [1.29, 1.82) is 0 Å². The van der Waals surface area contributed by atoms with Crippen molar-refractivity contribution in [2.45, 2.75) is 32.4 Å². The van der Waals surface area contributed by atoms with Crippen LogP contribution in [0.2, 0.25) is 5.02 Å². The first-order chi connectivity index (χ1) is 14.9. The smallest absolute Gasteiger partial charge is 0.296 e. The van der Waals surface area contributed by atoms with E-state index in [2.05, 4.69) is 13.8 Å². The number of halogens is 1. The average Bonchev–Trinajstić information content (AvgIpc) is 3.36. The van der Waals surface area contributed by atoms with Gasteiger partial charge in [-0.05, 0) is 41.3 Å². The summed E-state index contributed by atoms with van der Waals surface area (Å²) in [6.07, 6.45) is 1.52. The highest BCUT2D eigenvalue weighted by Crippen LogP contribution is 2.40. The minimum absolute atomic E-state index is 0.0381. The zero-order valence-corrected chi connectivity index (χ0v) is 18.0. The van der Waals surface area contributed by atoms with E-state index in [0.717, 1.165) is 11.1 Å². The second-order valence-electron chi connectivity index (χ2n) is 7.84. The van der Waals surface area contributed by atoms with Crippen LogP contribution in [0.4, 0.5) is 0 Å². The third-order valence-corrected chi connectivity index (χ3v) is 5.70. The van der Waals surface area contributed by atoms with Crippen molar-refractivity contribution in [1.82, 2.24) is 4.90 Å². The molecule has 158 valence electrons. The number of rotatable bonds is 5. The van der Waals surface area contributed by atoms with Crippen molar-refractivity contribution in [3.63, 3.8) is 0 Å². The summed E-state index contributed by atoms with van der Waals surface area (Å²) in [6, 6.07) is 17.1. The second-order valence-corrected chi connectivity index (χ2v) is 8.27. The Kier molecular flexibility index (Phi) is 5.70. The maximum absolute atomic E-state index is 13.0. The molecule has 1 saturated heterocycles. The summed E-state index contributed by atoms with van der Waals surface area (Å²) in [6.45, 7) is 4.30. The predicted molar refractivity (Wildman–Crippen MR) is 119 cm³/mol. The molecule has 1 atom stereocenters. The van der Waals surface area contributed by atoms with Crippen LogP contribution < -0.4 is 0 Å². The Morgan fingerprint density at radius 3 is 2.45 bits per heavy atom. The number of hydrogen-bond acceptors (Lipinski definition) is 4. The highest BCUT2D eigenvalue weighted by Gasteiger charge is 2.46. The second kappa shape index (κ2) is 8.44. The lowest BCUT2D eigenvalue weighted by atomic mass is 9.93. The first-order valence-electron chi connectivity index (χ1n) is 10.0. The molecule has 0 radical (unpaired) electrons. The Balaban J connectivity index is 1.86. The Morgan fingerprint density at radius 2 is 1.84 bits per heavy atom. The molecule has 1 N–H and O–H groups in total. The molecule has 1 fully saturated rings. The lowest BCUT2D eigenvalue weighted by molar-refractivity contribution is -0.140. The van der Waals surface area contributed by atoms with Crippen molar-refractivity contribution in [3.8, 4) is 0 Å². The normalized spacial score (nSPS) is 18.2. The lowest BCUT2D eigenvalue weighted by Gasteiger charge is -2.25. The van der Waals surface area contributed by atoms with Gasteiger partial charge in [-0.15, -0.1) is 0 Å². The van der Waals surface area contributed by atoms with Crippen LogP contribution in [0.15, 0.2) is 76.9 Å². The van der Waals surface area contributed by atoms with E-state index in [9.17, 15) is 14.7 Å². The largest absolute Gasteiger partial charge is 0.507 e. The molecule has 2 aromatic carbocycles. The summed E-state index contributed by atoms with van der Waals surface area (Å²) < 4.78 is 5.41. The molecule has 1 aliphatic rings. The number of hydrogen-bond donors (Lipinski definition) is 1. The lowest BCUT2D eigenvalue weighted by Crippen LogP contribution is -2.29. The van der Waals surface area contributed by atoms with Crippen molar-refractivity contribution >= 4 is 29.1 Å². The first kappa shape index (κ1) is 20.9.